The molecular formula is C17H19N5OS. The van der Waals surface area contributed by atoms with Crippen LogP contribution in [-0.2, 0) is 0 Å². The van der Waals surface area contributed by atoms with Crippen LogP contribution in [0.3, 0.4) is 0 Å². The average molecular weight is 341 g/mol. The van der Waals surface area contributed by atoms with Gasteiger partial charge in [-0.05, 0) is 24.3 Å². The van der Waals surface area contributed by atoms with Gasteiger partial charge in [-0.1, -0.05) is 13.8 Å². The molecule has 6 nitrogen and oxygen atoms in total. The summed E-state index contributed by atoms with van der Waals surface area (Å²) in [5, 5.41) is 16.0. The molecule has 0 aromatic carbocycles. The standard InChI is InChI=1S/C17H19N5OS/c1-12(2)24-17-14(6-4-8-22-17)16(23)21-10-9-20-15-13(11-18)5-3-7-19-15/h3-8,12H,9-10H2,1-2H3,(H,19,20)(H,21,23). The molecule has 2 N–H and O–H groups in total. The first-order valence-electron chi connectivity index (χ1n) is 7.60. The third kappa shape index (κ3) is 4.96. The van der Waals surface area contributed by atoms with E-state index in [2.05, 4.69) is 40.5 Å². The van der Waals surface area contributed by atoms with Gasteiger partial charge in [-0.25, -0.2) is 9.97 Å². The van der Waals surface area contributed by atoms with Crippen molar-refractivity contribution in [2.75, 3.05) is 18.4 Å². The lowest BCUT2D eigenvalue weighted by Crippen LogP contribution is -2.29. The molecule has 0 unspecified atom stereocenters. The lowest BCUT2D eigenvalue weighted by Gasteiger charge is -2.11. The van der Waals surface area contributed by atoms with E-state index in [9.17, 15) is 4.79 Å². The minimum Gasteiger partial charge on any atom is -0.367 e. The molecule has 2 heterocycles. The Balaban J connectivity index is 1.89. The molecule has 2 rings (SSSR count). The highest BCUT2D eigenvalue weighted by molar-refractivity contribution is 7.99. The van der Waals surface area contributed by atoms with Gasteiger partial charge in [-0.3, -0.25) is 4.79 Å². The van der Waals surface area contributed by atoms with Crippen molar-refractivity contribution < 1.29 is 4.79 Å². The number of anilines is 1. The van der Waals surface area contributed by atoms with Crippen LogP contribution in [-0.4, -0.2) is 34.2 Å². The highest BCUT2D eigenvalue weighted by atomic mass is 32.2. The van der Waals surface area contributed by atoms with E-state index < -0.39 is 0 Å². The molecule has 0 saturated carbocycles. The molecule has 0 bridgehead atoms. The minimum atomic E-state index is -0.158. The first kappa shape index (κ1) is 17.8. The Morgan fingerprint density at radius 3 is 2.75 bits per heavy atom. The molecule has 0 aliphatic rings. The fraction of sp³-hybridized carbons (Fsp3) is 0.294. The molecule has 2 aromatic rings. The molecule has 0 fully saturated rings. The number of amides is 1. The fourth-order valence-corrected chi connectivity index (χ4v) is 2.83. The zero-order valence-corrected chi connectivity index (χ0v) is 14.4. The number of aromatic nitrogens is 2. The Labute approximate surface area is 145 Å². The van der Waals surface area contributed by atoms with Crippen LogP contribution in [0.2, 0.25) is 0 Å². The number of carbonyl (C=O) groups excluding carboxylic acids is 1. The first-order valence-corrected chi connectivity index (χ1v) is 8.48. The van der Waals surface area contributed by atoms with Crippen molar-refractivity contribution >= 4 is 23.5 Å². The van der Waals surface area contributed by atoms with Crippen molar-refractivity contribution in [3.63, 3.8) is 0 Å². The summed E-state index contributed by atoms with van der Waals surface area (Å²) in [6, 6.07) is 9.00. The van der Waals surface area contributed by atoms with Gasteiger partial charge < -0.3 is 10.6 Å². The number of thioether (sulfide) groups is 1. The maximum atomic E-state index is 12.3. The van der Waals surface area contributed by atoms with Crippen LogP contribution in [0.1, 0.15) is 29.8 Å². The number of rotatable bonds is 7. The van der Waals surface area contributed by atoms with Crippen molar-refractivity contribution in [1.29, 1.82) is 5.26 Å². The Morgan fingerprint density at radius 1 is 1.25 bits per heavy atom. The van der Waals surface area contributed by atoms with Crippen molar-refractivity contribution in [3.8, 4) is 6.07 Å². The highest BCUT2D eigenvalue weighted by Crippen LogP contribution is 2.23. The molecule has 24 heavy (non-hydrogen) atoms. The Kier molecular flexibility index (Phi) is 6.58. The van der Waals surface area contributed by atoms with E-state index in [0.717, 1.165) is 5.03 Å². The Bertz CT molecular complexity index is 742. The zero-order chi connectivity index (χ0) is 17.4. The van der Waals surface area contributed by atoms with Gasteiger partial charge in [0.2, 0.25) is 0 Å². The quantitative estimate of drug-likeness (QED) is 0.594. The van der Waals surface area contributed by atoms with Crippen molar-refractivity contribution in [1.82, 2.24) is 15.3 Å². The average Bonchev–Trinajstić information content (AvgIpc) is 2.58. The maximum Gasteiger partial charge on any atom is 0.254 e. The summed E-state index contributed by atoms with van der Waals surface area (Å²) in [6.07, 6.45) is 3.31. The molecule has 124 valence electrons. The van der Waals surface area contributed by atoms with E-state index in [1.807, 2.05) is 0 Å². The Hall–Kier alpha value is -2.59. The SMILES string of the molecule is CC(C)Sc1ncccc1C(=O)NCCNc1ncccc1C#N. The second-order valence-electron chi connectivity index (χ2n) is 5.22. The van der Waals surface area contributed by atoms with Crippen molar-refractivity contribution in [3.05, 3.63) is 47.8 Å². The topological polar surface area (TPSA) is 90.7 Å². The first-order chi connectivity index (χ1) is 11.6. The summed E-state index contributed by atoms with van der Waals surface area (Å²) in [4.78, 5) is 20.7. The van der Waals surface area contributed by atoms with E-state index in [4.69, 9.17) is 5.26 Å². The number of nitrogens with one attached hydrogen (secondary N) is 2. The fourth-order valence-electron chi connectivity index (χ4n) is 1.97. The van der Waals surface area contributed by atoms with Crippen LogP contribution in [0.25, 0.3) is 0 Å². The summed E-state index contributed by atoms with van der Waals surface area (Å²) in [6.45, 7) is 5.01. The summed E-state index contributed by atoms with van der Waals surface area (Å²) >= 11 is 1.56. The monoisotopic (exact) mass is 341 g/mol. The van der Waals surface area contributed by atoms with Crippen LogP contribution < -0.4 is 10.6 Å². The van der Waals surface area contributed by atoms with E-state index in [1.165, 1.54) is 0 Å². The lowest BCUT2D eigenvalue weighted by atomic mass is 10.2. The van der Waals surface area contributed by atoms with Gasteiger partial charge in [0.25, 0.3) is 5.91 Å². The molecular weight excluding hydrogens is 322 g/mol. The molecule has 7 heteroatoms. The van der Waals surface area contributed by atoms with Crippen LogP contribution in [0.5, 0.6) is 0 Å². The number of nitrogens with zero attached hydrogens (tertiary/aromatic N) is 3. The molecule has 1 amide bonds. The van der Waals surface area contributed by atoms with E-state index in [-0.39, 0.29) is 5.91 Å². The summed E-state index contributed by atoms with van der Waals surface area (Å²) in [5.74, 6) is 0.362. The van der Waals surface area contributed by atoms with Gasteiger partial charge in [0.05, 0.1) is 11.1 Å². The third-order valence-electron chi connectivity index (χ3n) is 2.99. The summed E-state index contributed by atoms with van der Waals surface area (Å²) < 4.78 is 0. The Morgan fingerprint density at radius 2 is 2.00 bits per heavy atom. The third-order valence-corrected chi connectivity index (χ3v) is 4.01. The molecule has 0 atom stereocenters. The molecule has 0 spiro atoms. The van der Waals surface area contributed by atoms with Gasteiger partial charge in [0.1, 0.15) is 16.9 Å². The molecule has 0 aliphatic carbocycles. The van der Waals surface area contributed by atoms with E-state index >= 15 is 0 Å². The summed E-state index contributed by atoms with van der Waals surface area (Å²) in [5.41, 5.74) is 1.05. The van der Waals surface area contributed by atoms with Crippen LogP contribution in [0.4, 0.5) is 5.82 Å². The van der Waals surface area contributed by atoms with Crippen LogP contribution in [0.15, 0.2) is 41.7 Å². The smallest absolute Gasteiger partial charge is 0.254 e. The number of carbonyl (C=O) groups is 1. The second kappa shape index (κ2) is 8.89. The van der Waals surface area contributed by atoms with Crippen LogP contribution >= 0.6 is 11.8 Å². The molecule has 0 aliphatic heterocycles. The summed E-state index contributed by atoms with van der Waals surface area (Å²) in [7, 11) is 0. The second-order valence-corrected chi connectivity index (χ2v) is 6.78. The normalized spacial score (nSPS) is 10.2. The van der Waals surface area contributed by atoms with Gasteiger partial charge in [0.15, 0.2) is 0 Å². The molecule has 2 aromatic heterocycles. The van der Waals surface area contributed by atoms with Gasteiger partial charge >= 0.3 is 0 Å². The minimum absolute atomic E-state index is 0.158. The molecule has 0 radical (unpaired) electrons. The van der Waals surface area contributed by atoms with Gasteiger partial charge in [-0.2, -0.15) is 5.26 Å². The van der Waals surface area contributed by atoms with E-state index in [0.29, 0.717) is 35.3 Å². The molecule has 0 saturated heterocycles. The number of hydrogen-bond acceptors (Lipinski definition) is 6. The van der Waals surface area contributed by atoms with Crippen molar-refractivity contribution in [2.45, 2.75) is 24.1 Å². The van der Waals surface area contributed by atoms with E-state index in [1.54, 1.807) is 48.4 Å². The zero-order valence-electron chi connectivity index (χ0n) is 13.6. The number of pyridine rings is 2. The van der Waals surface area contributed by atoms with Crippen LogP contribution in [0, 0.1) is 11.3 Å². The van der Waals surface area contributed by atoms with Gasteiger partial charge in [-0.15, -0.1) is 11.8 Å². The lowest BCUT2D eigenvalue weighted by molar-refractivity contribution is 0.0951. The highest BCUT2D eigenvalue weighted by Gasteiger charge is 2.13. The van der Waals surface area contributed by atoms with Gasteiger partial charge in [0, 0.05) is 30.7 Å². The predicted molar refractivity (Wildman–Crippen MR) is 95.0 cm³/mol. The van der Waals surface area contributed by atoms with Crippen molar-refractivity contribution in [2.24, 2.45) is 0 Å². The largest absolute Gasteiger partial charge is 0.367 e. The number of hydrogen-bond donors (Lipinski definition) is 2. The predicted octanol–water partition coefficient (Wildman–Crippen LogP) is 2.69. The number of nitriles is 1. The maximum absolute atomic E-state index is 12.3.